The zero-order chi connectivity index (χ0) is 13.8. The van der Waals surface area contributed by atoms with Crippen molar-refractivity contribution in [3.63, 3.8) is 0 Å². The molecule has 0 unspecified atom stereocenters. The van der Waals surface area contributed by atoms with E-state index in [2.05, 4.69) is 0 Å². The minimum Gasteiger partial charge on any atom is -0.497 e. The minimum absolute atomic E-state index is 0.392. The van der Waals surface area contributed by atoms with Crippen LogP contribution in [0.1, 0.15) is 11.1 Å². The molecule has 0 spiro atoms. The Bertz CT molecular complexity index is 584. The van der Waals surface area contributed by atoms with E-state index in [-0.39, 0.29) is 0 Å². The summed E-state index contributed by atoms with van der Waals surface area (Å²) >= 11 is 6.13. The molecule has 0 radical (unpaired) electrons. The zero-order valence-corrected chi connectivity index (χ0v) is 11.7. The molecule has 0 saturated carbocycles. The number of ether oxygens (including phenoxy) is 2. The van der Waals surface area contributed by atoms with Gasteiger partial charge in [-0.1, -0.05) is 23.7 Å². The van der Waals surface area contributed by atoms with E-state index in [1.165, 1.54) is 0 Å². The molecular formula is C15H16ClNO2. The van der Waals surface area contributed by atoms with Crippen molar-refractivity contribution >= 4 is 11.6 Å². The second-order valence-corrected chi connectivity index (χ2v) is 4.62. The summed E-state index contributed by atoms with van der Waals surface area (Å²) < 4.78 is 11.1. The molecule has 0 amide bonds. The summed E-state index contributed by atoms with van der Waals surface area (Å²) in [5.74, 6) is 2.00. The van der Waals surface area contributed by atoms with Gasteiger partial charge in [-0.3, -0.25) is 0 Å². The lowest BCUT2D eigenvalue weighted by molar-refractivity contribution is 0.408. The number of rotatable bonds is 4. The second kappa shape index (κ2) is 5.95. The van der Waals surface area contributed by atoms with Crippen LogP contribution in [0, 0.1) is 6.92 Å². The SMILES string of the molecule is COc1ccc(CN)c(Oc2cc(C)ccc2Cl)c1. The number of halogens is 1. The van der Waals surface area contributed by atoms with Crippen LogP contribution in [0.5, 0.6) is 17.2 Å². The molecule has 0 bridgehead atoms. The monoisotopic (exact) mass is 277 g/mol. The van der Waals surface area contributed by atoms with Gasteiger partial charge in [-0.25, -0.2) is 0 Å². The number of hydrogen-bond donors (Lipinski definition) is 1. The van der Waals surface area contributed by atoms with Crippen LogP contribution in [-0.2, 0) is 6.54 Å². The number of hydrogen-bond acceptors (Lipinski definition) is 3. The first kappa shape index (κ1) is 13.7. The molecule has 3 nitrogen and oxygen atoms in total. The Morgan fingerprint density at radius 3 is 2.58 bits per heavy atom. The maximum absolute atomic E-state index is 6.13. The molecule has 2 aromatic carbocycles. The fourth-order valence-electron chi connectivity index (χ4n) is 1.73. The number of aryl methyl sites for hydroxylation is 1. The van der Waals surface area contributed by atoms with Crippen LogP contribution in [0.4, 0.5) is 0 Å². The molecule has 0 aromatic heterocycles. The largest absolute Gasteiger partial charge is 0.497 e. The first-order valence-corrected chi connectivity index (χ1v) is 6.33. The Morgan fingerprint density at radius 1 is 1.11 bits per heavy atom. The molecule has 0 fully saturated rings. The van der Waals surface area contributed by atoms with Gasteiger partial charge >= 0.3 is 0 Å². The Labute approximate surface area is 117 Å². The van der Waals surface area contributed by atoms with Gasteiger partial charge in [0.05, 0.1) is 12.1 Å². The van der Waals surface area contributed by atoms with Crippen LogP contribution in [-0.4, -0.2) is 7.11 Å². The van der Waals surface area contributed by atoms with Crippen molar-refractivity contribution in [1.29, 1.82) is 0 Å². The molecule has 0 saturated heterocycles. The maximum Gasteiger partial charge on any atom is 0.146 e. The van der Waals surface area contributed by atoms with Crippen LogP contribution in [0.25, 0.3) is 0 Å². The standard InChI is InChI=1S/C15H16ClNO2/c1-10-3-6-13(16)15(7-10)19-14-8-12(18-2)5-4-11(14)9-17/h3-8H,9,17H2,1-2H3. The van der Waals surface area contributed by atoms with E-state index in [1.807, 2.05) is 37.3 Å². The van der Waals surface area contributed by atoms with Crippen molar-refractivity contribution in [2.45, 2.75) is 13.5 Å². The number of nitrogens with two attached hydrogens (primary N) is 1. The molecular weight excluding hydrogens is 262 g/mol. The molecule has 0 aliphatic carbocycles. The summed E-state index contributed by atoms with van der Waals surface area (Å²) in [4.78, 5) is 0. The Kier molecular flexibility index (Phi) is 4.30. The summed E-state index contributed by atoms with van der Waals surface area (Å²) in [5, 5.41) is 0.566. The molecule has 19 heavy (non-hydrogen) atoms. The smallest absolute Gasteiger partial charge is 0.146 e. The van der Waals surface area contributed by atoms with E-state index in [4.69, 9.17) is 26.8 Å². The highest BCUT2D eigenvalue weighted by Crippen LogP contribution is 2.33. The highest BCUT2D eigenvalue weighted by molar-refractivity contribution is 6.32. The van der Waals surface area contributed by atoms with Gasteiger partial charge in [0.2, 0.25) is 0 Å². The molecule has 0 atom stereocenters. The third-order valence-electron chi connectivity index (χ3n) is 2.80. The molecule has 0 aliphatic heterocycles. The normalized spacial score (nSPS) is 10.3. The summed E-state index contributed by atoms with van der Waals surface area (Å²) in [6.07, 6.45) is 0. The lowest BCUT2D eigenvalue weighted by Gasteiger charge is -2.13. The van der Waals surface area contributed by atoms with Crippen molar-refractivity contribution in [3.05, 3.63) is 52.5 Å². The second-order valence-electron chi connectivity index (χ2n) is 4.21. The first-order chi connectivity index (χ1) is 9.13. The first-order valence-electron chi connectivity index (χ1n) is 5.95. The minimum atomic E-state index is 0.392. The van der Waals surface area contributed by atoms with E-state index in [9.17, 15) is 0 Å². The molecule has 2 aromatic rings. The third-order valence-corrected chi connectivity index (χ3v) is 3.11. The summed E-state index contributed by atoms with van der Waals surface area (Å²) in [6, 6.07) is 11.2. The van der Waals surface area contributed by atoms with Crippen molar-refractivity contribution in [1.82, 2.24) is 0 Å². The fourth-order valence-corrected chi connectivity index (χ4v) is 1.89. The summed E-state index contributed by atoms with van der Waals surface area (Å²) in [6.45, 7) is 2.38. The topological polar surface area (TPSA) is 44.5 Å². The summed E-state index contributed by atoms with van der Waals surface area (Å²) in [7, 11) is 1.61. The maximum atomic E-state index is 6.13. The van der Waals surface area contributed by atoms with Gasteiger partial charge in [-0.15, -0.1) is 0 Å². The van der Waals surface area contributed by atoms with Crippen molar-refractivity contribution in [2.24, 2.45) is 5.73 Å². The van der Waals surface area contributed by atoms with Gasteiger partial charge in [0, 0.05) is 18.2 Å². The molecule has 2 rings (SSSR count). The van der Waals surface area contributed by atoms with Crippen molar-refractivity contribution in [2.75, 3.05) is 7.11 Å². The molecule has 4 heteroatoms. The van der Waals surface area contributed by atoms with Crippen LogP contribution >= 0.6 is 11.6 Å². The van der Waals surface area contributed by atoms with E-state index in [0.717, 1.165) is 16.9 Å². The van der Waals surface area contributed by atoms with E-state index >= 15 is 0 Å². The highest BCUT2D eigenvalue weighted by Gasteiger charge is 2.08. The Hall–Kier alpha value is -1.71. The lowest BCUT2D eigenvalue weighted by Crippen LogP contribution is -2.00. The fraction of sp³-hybridized carbons (Fsp3) is 0.200. The Morgan fingerprint density at radius 2 is 1.89 bits per heavy atom. The predicted octanol–water partition coefficient (Wildman–Crippen LogP) is 3.91. The average Bonchev–Trinajstić information content (AvgIpc) is 2.42. The molecule has 100 valence electrons. The van der Waals surface area contributed by atoms with Gasteiger partial charge in [0.15, 0.2) is 0 Å². The lowest BCUT2D eigenvalue weighted by atomic mass is 10.2. The zero-order valence-electron chi connectivity index (χ0n) is 10.9. The van der Waals surface area contributed by atoms with Gasteiger partial charge < -0.3 is 15.2 Å². The van der Waals surface area contributed by atoms with Crippen LogP contribution in [0.3, 0.4) is 0 Å². The van der Waals surface area contributed by atoms with Crippen molar-refractivity contribution in [3.8, 4) is 17.2 Å². The van der Waals surface area contributed by atoms with Crippen LogP contribution in [0.2, 0.25) is 5.02 Å². The third kappa shape index (κ3) is 3.19. The van der Waals surface area contributed by atoms with Crippen molar-refractivity contribution < 1.29 is 9.47 Å². The molecule has 0 aliphatic rings. The predicted molar refractivity (Wildman–Crippen MR) is 77.1 cm³/mol. The van der Waals surface area contributed by atoms with E-state index in [1.54, 1.807) is 13.2 Å². The van der Waals surface area contributed by atoms with E-state index in [0.29, 0.717) is 23.1 Å². The Balaban J connectivity index is 2.38. The van der Waals surface area contributed by atoms with Gasteiger partial charge in [0.1, 0.15) is 17.2 Å². The van der Waals surface area contributed by atoms with Gasteiger partial charge in [-0.2, -0.15) is 0 Å². The van der Waals surface area contributed by atoms with Gasteiger partial charge in [0.25, 0.3) is 0 Å². The molecule has 0 heterocycles. The molecule has 2 N–H and O–H groups in total. The average molecular weight is 278 g/mol. The highest BCUT2D eigenvalue weighted by atomic mass is 35.5. The quantitative estimate of drug-likeness (QED) is 0.921. The van der Waals surface area contributed by atoms with E-state index < -0.39 is 0 Å². The number of methoxy groups -OCH3 is 1. The van der Waals surface area contributed by atoms with Crippen LogP contribution in [0.15, 0.2) is 36.4 Å². The van der Waals surface area contributed by atoms with Crippen LogP contribution < -0.4 is 15.2 Å². The van der Waals surface area contributed by atoms with Gasteiger partial charge in [-0.05, 0) is 30.7 Å². The number of benzene rings is 2. The summed E-state index contributed by atoms with van der Waals surface area (Å²) in [5.41, 5.74) is 7.69.